The summed E-state index contributed by atoms with van der Waals surface area (Å²) < 4.78 is 10.4. The fourth-order valence-electron chi connectivity index (χ4n) is 1.20. The van der Waals surface area contributed by atoms with E-state index in [1.807, 2.05) is 0 Å². The minimum absolute atomic E-state index is 0.157. The second-order valence-electron chi connectivity index (χ2n) is 2.87. The fraction of sp³-hybridized carbons (Fsp3) is 0.400. The Labute approximate surface area is 98.1 Å². The summed E-state index contributed by atoms with van der Waals surface area (Å²) in [5.41, 5.74) is -0.157. The second kappa shape index (κ2) is 5.55. The molecular weight excluding hydrogens is 234 g/mol. The third-order valence-corrected chi connectivity index (χ3v) is 2.11. The van der Waals surface area contributed by atoms with Gasteiger partial charge in [0.1, 0.15) is 5.75 Å². The van der Waals surface area contributed by atoms with Crippen molar-refractivity contribution in [1.29, 1.82) is 0 Å². The van der Waals surface area contributed by atoms with Gasteiger partial charge in [-0.2, -0.15) is 0 Å². The lowest BCUT2D eigenvalue weighted by Crippen LogP contribution is -2.00. The van der Waals surface area contributed by atoms with Crippen LogP contribution >= 0.6 is 11.6 Å². The summed E-state index contributed by atoms with van der Waals surface area (Å²) in [5.74, 6) is 0.554. The number of nitrogens with zero attached hydrogens (tertiary/aromatic N) is 1. The Bertz CT molecular complexity index is 395. The lowest BCUT2D eigenvalue weighted by atomic mass is 10.2. The van der Waals surface area contributed by atoms with Crippen LogP contribution in [0.15, 0.2) is 12.1 Å². The van der Waals surface area contributed by atoms with E-state index in [1.54, 1.807) is 13.8 Å². The smallest absolute Gasteiger partial charge is 0.312 e. The van der Waals surface area contributed by atoms with Crippen molar-refractivity contribution in [3.05, 3.63) is 27.3 Å². The maximum atomic E-state index is 10.7. The molecule has 0 fully saturated rings. The van der Waals surface area contributed by atoms with Crippen LogP contribution in [0, 0.1) is 10.1 Å². The zero-order valence-electron chi connectivity index (χ0n) is 9.03. The van der Waals surface area contributed by atoms with Crippen LogP contribution in [0.1, 0.15) is 13.8 Å². The molecule has 0 aliphatic carbocycles. The highest BCUT2D eigenvalue weighted by molar-refractivity contribution is 6.32. The first-order chi connectivity index (χ1) is 7.60. The molecule has 1 aromatic carbocycles. The number of ether oxygens (including phenoxy) is 2. The highest BCUT2D eigenvalue weighted by atomic mass is 35.5. The van der Waals surface area contributed by atoms with Crippen LogP contribution in [0.25, 0.3) is 0 Å². The Balaban J connectivity index is 3.19. The molecule has 0 N–H and O–H groups in total. The van der Waals surface area contributed by atoms with Crippen molar-refractivity contribution in [2.75, 3.05) is 13.2 Å². The highest BCUT2D eigenvalue weighted by Gasteiger charge is 2.19. The van der Waals surface area contributed by atoms with Gasteiger partial charge < -0.3 is 9.47 Å². The summed E-state index contributed by atoms with van der Waals surface area (Å²) in [5, 5.41) is 10.9. The molecule has 0 atom stereocenters. The number of hydrogen-bond acceptors (Lipinski definition) is 4. The third-order valence-electron chi connectivity index (χ3n) is 1.81. The number of benzene rings is 1. The summed E-state index contributed by atoms with van der Waals surface area (Å²) in [4.78, 5) is 10.2. The second-order valence-corrected chi connectivity index (χ2v) is 3.28. The van der Waals surface area contributed by atoms with Crippen LogP contribution in [-0.4, -0.2) is 18.1 Å². The summed E-state index contributed by atoms with van der Waals surface area (Å²) >= 11 is 5.84. The van der Waals surface area contributed by atoms with E-state index in [4.69, 9.17) is 21.1 Å². The Kier molecular flexibility index (Phi) is 4.37. The van der Waals surface area contributed by atoms with Crippen LogP contribution in [-0.2, 0) is 0 Å². The number of hydrogen-bond donors (Lipinski definition) is 0. The van der Waals surface area contributed by atoms with Gasteiger partial charge in [0.25, 0.3) is 0 Å². The lowest BCUT2D eigenvalue weighted by Gasteiger charge is -2.09. The topological polar surface area (TPSA) is 61.6 Å². The molecule has 0 aromatic heterocycles. The van der Waals surface area contributed by atoms with Crippen LogP contribution in [0.3, 0.4) is 0 Å². The summed E-state index contributed by atoms with van der Waals surface area (Å²) in [6.45, 7) is 4.33. The molecule has 6 heteroatoms. The molecule has 1 rings (SSSR count). The maximum Gasteiger partial charge on any atom is 0.312 e. The molecule has 0 radical (unpaired) electrons. The van der Waals surface area contributed by atoms with Crippen molar-refractivity contribution < 1.29 is 14.4 Å². The van der Waals surface area contributed by atoms with Crippen molar-refractivity contribution in [1.82, 2.24) is 0 Å². The molecule has 0 aliphatic rings. The molecule has 16 heavy (non-hydrogen) atoms. The summed E-state index contributed by atoms with van der Waals surface area (Å²) in [7, 11) is 0. The van der Waals surface area contributed by atoms with Crippen molar-refractivity contribution >= 4 is 17.3 Å². The molecule has 0 saturated heterocycles. The van der Waals surface area contributed by atoms with E-state index in [0.717, 1.165) is 0 Å². The summed E-state index contributed by atoms with van der Waals surface area (Å²) in [6.07, 6.45) is 0. The molecule has 0 unspecified atom stereocenters. The zero-order chi connectivity index (χ0) is 12.1. The Morgan fingerprint density at radius 2 is 1.81 bits per heavy atom. The average molecular weight is 246 g/mol. The maximum absolute atomic E-state index is 10.7. The number of rotatable bonds is 5. The van der Waals surface area contributed by atoms with Crippen molar-refractivity contribution in [2.45, 2.75) is 13.8 Å². The molecule has 0 spiro atoms. The molecule has 0 heterocycles. The van der Waals surface area contributed by atoms with Gasteiger partial charge in [0.05, 0.1) is 23.2 Å². The van der Waals surface area contributed by atoms with Gasteiger partial charge in [-0.3, -0.25) is 10.1 Å². The fourth-order valence-corrected chi connectivity index (χ4v) is 1.42. The first-order valence-corrected chi connectivity index (χ1v) is 5.21. The van der Waals surface area contributed by atoms with E-state index >= 15 is 0 Å². The molecule has 5 nitrogen and oxygen atoms in total. The van der Waals surface area contributed by atoms with Gasteiger partial charge in [0.2, 0.25) is 5.75 Å². The molecular formula is C10H12ClNO4. The van der Waals surface area contributed by atoms with Gasteiger partial charge in [-0.25, -0.2) is 0 Å². The normalized spacial score (nSPS) is 9.94. The average Bonchev–Trinajstić information content (AvgIpc) is 2.23. The van der Waals surface area contributed by atoms with E-state index in [1.165, 1.54) is 12.1 Å². The van der Waals surface area contributed by atoms with Gasteiger partial charge in [0, 0.05) is 12.1 Å². The van der Waals surface area contributed by atoms with E-state index in [0.29, 0.717) is 19.0 Å². The van der Waals surface area contributed by atoms with Crippen LogP contribution in [0.2, 0.25) is 5.02 Å². The molecule has 1 aromatic rings. The van der Waals surface area contributed by atoms with E-state index in [9.17, 15) is 10.1 Å². The Morgan fingerprint density at radius 1 is 1.25 bits per heavy atom. The standard InChI is InChI=1S/C10H12ClNO4/c1-3-15-9-6-10(16-4-2)8(12(13)14)5-7(9)11/h5-6H,3-4H2,1-2H3. The first kappa shape index (κ1) is 12.6. The Morgan fingerprint density at radius 3 is 2.31 bits per heavy atom. The van der Waals surface area contributed by atoms with E-state index in [-0.39, 0.29) is 16.5 Å². The largest absolute Gasteiger partial charge is 0.492 e. The minimum Gasteiger partial charge on any atom is -0.492 e. The van der Waals surface area contributed by atoms with Gasteiger partial charge in [-0.05, 0) is 13.8 Å². The van der Waals surface area contributed by atoms with Crippen molar-refractivity contribution in [2.24, 2.45) is 0 Å². The van der Waals surface area contributed by atoms with Crippen molar-refractivity contribution in [3.63, 3.8) is 0 Å². The third kappa shape index (κ3) is 2.76. The summed E-state index contributed by atoms with van der Waals surface area (Å²) in [6, 6.07) is 2.67. The SMILES string of the molecule is CCOc1cc(OCC)c([N+](=O)[O-])cc1Cl. The predicted octanol–water partition coefficient (Wildman–Crippen LogP) is 3.05. The predicted molar refractivity (Wildman–Crippen MR) is 60.4 cm³/mol. The monoisotopic (exact) mass is 245 g/mol. The van der Waals surface area contributed by atoms with Gasteiger partial charge in [-0.1, -0.05) is 11.6 Å². The quantitative estimate of drug-likeness (QED) is 0.591. The van der Waals surface area contributed by atoms with Gasteiger partial charge in [-0.15, -0.1) is 0 Å². The lowest BCUT2D eigenvalue weighted by molar-refractivity contribution is -0.385. The number of halogens is 1. The van der Waals surface area contributed by atoms with Crippen LogP contribution in [0.4, 0.5) is 5.69 Å². The van der Waals surface area contributed by atoms with E-state index in [2.05, 4.69) is 0 Å². The van der Waals surface area contributed by atoms with Gasteiger partial charge >= 0.3 is 5.69 Å². The van der Waals surface area contributed by atoms with Crippen LogP contribution in [0.5, 0.6) is 11.5 Å². The number of nitro benzene ring substituents is 1. The molecule has 88 valence electrons. The molecule has 0 bridgehead atoms. The van der Waals surface area contributed by atoms with E-state index < -0.39 is 4.92 Å². The van der Waals surface area contributed by atoms with Crippen LogP contribution < -0.4 is 9.47 Å². The zero-order valence-corrected chi connectivity index (χ0v) is 9.78. The van der Waals surface area contributed by atoms with Crippen molar-refractivity contribution in [3.8, 4) is 11.5 Å². The minimum atomic E-state index is -0.535. The number of nitro groups is 1. The van der Waals surface area contributed by atoms with Gasteiger partial charge in [0.15, 0.2) is 0 Å². The molecule has 0 aliphatic heterocycles. The molecule has 0 amide bonds. The molecule has 0 saturated carbocycles. The highest BCUT2D eigenvalue weighted by Crippen LogP contribution is 2.37. The first-order valence-electron chi connectivity index (χ1n) is 4.83. The Hall–Kier alpha value is -1.49.